The van der Waals surface area contributed by atoms with E-state index in [9.17, 15) is 9.90 Å². The number of hydrogen-bond acceptors (Lipinski definition) is 3. The van der Waals surface area contributed by atoms with Gasteiger partial charge in [0.2, 0.25) is 5.91 Å². The molecule has 1 atom stereocenters. The number of phenols is 1. The van der Waals surface area contributed by atoms with Crippen LogP contribution < -0.4 is 10.1 Å². The van der Waals surface area contributed by atoms with Gasteiger partial charge in [-0.15, -0.1) is 0 Å². The highest BCUT2D eigenvalue weighted by atomic mass is 16.5. The zero-order valence-corrected chi connectivity index (χ0v) is 11.1. The third-order valence-corrected chi connectivity index (χ3v) is 3.59. The van der Waals surface area contributed by atoms with E-state index >= 15 is 0 Å². The number of amides is 1. The lowest BCUT2D eigenvalue weighted by Crippen LogP contribution is -2.23. The summed E-state index contributed by atoms with van der Waals surface area (Å²) in [5.74, 6) is 0.911. The van der Waals surface area contributed by atoms with Crippen molar-refractivity contribution >= 4 is 11.6 Å². The standard InChI is InChI=1S/C16H15NO3/c1-20-12-5-2-10(3-6-12)14-9-16(19)17-15-8-11(18)4-7-13(14)15/h2-8,14,18H,9H2,1H3,(H,17,19)/t14-/m0/s1. The Morgan fingerprint density at radius 2 is 1.95 bits per heavy atom. The first kappa shape index (κ1) is 12.5. The summed E-state index contributed by atoms with van der Waals surface area (Å²) in [4.78, 5) is 11.8. The minimum Gasteiger partial charge on any atom is -0.508 e. The Hall–Kier alpha value is -2.49. The Morgan fingerprint density at radius 1 is 1.20 bits per heavy atom. The maximum Gasteiger partial charge on any atom is 0.225 e. The molecular formula is C16H15NO3. The van der Waals surface area contributed by atoms with Crippen LogP contribution in [0, 0.1) is 0 Å². The number of anilines is 1. The normalized spacial score (nSPS) is 17.2. The summed E-state index contributed by atoms with van der Waals surface area (Å²) >= 11 is 0. The van der Waals surface area contributed by atoms with Gasteiger partial charge in [0.05, 0.1) is 7.11 Å². The molecule has 0 spiro atoms. The summed E-state index contributed by atoms with van der Waals surface area (Å²) < 4.78 is 5.15. The lowest BCUT2D eigenvalue weighted by Gasteiger charge is -2.26. The van der Waals surface area contributed by atoms with Gasteiger partial charge in [-0.1, -0.05) is 18.2 Å². The maximum absolute atomic E-state index is 11.8. The van der Waals surface area contributed by atoms with Gasteiger partial charge in [-0.2, -0.15) is 0 Å². The van der Waals surface area contributed by atoms with Crippen molar-refractivity contribution < 1.29 is 14.6 Å². The second-order valence-corrected chi connectivity index (χ2v) is 4.85. The molecule has 1 amide bonds. The molecule has 1 aliphatic rings. The van der Waals surface area contributed by atoms with E-state index < -0.39 is 0 Å². The smallest absolute Gasteiger partial charge is 0.225 e. The van der Waals surface area contributed by atoms with E-state index in [0.717, 1.165) is 16.9 Å². The van der Waals surface area contributed by atoms with Crippen molar-refractivity contribution in [1.29, 1.82) is 0 Å². The number of benzene rings is 2. The molecular weight excluding hydrogens is 254 g/mol. The van der Waals surface area contributed by atoms with Crippen LogP contribution in [0.2, 0.25) is 0 Å². The van der Waals surface area contributed by atoms with Gasteiger partial charge in [-0.05, 0) is 29.3 Å². The van der Waals surface area contributed by atoms with Crippen LogP contribution in [0.15, 0.2) is 42.5 Å². The number of fused-ring (bicyclic) bond motifs is 1. The quantitative estimate of drug-likeness (QED) is 0.881. The Labute approximate surface area is 117 Å². The van der Waals surface area contributed by atoms with E-state index in [0.29, 0.717) is 12.1 Å². The third kappa shape index (κ3) is 2.20. The first-order valence-corrected chi connectivity index (χ1v) is 6.44. The van der Waals surface area contributed by atoms with Crippen molar-refractivity contribution in [2.75, 3.05) is 12.4 Å². The SMILES string of the molecule is COc1ccc([C@@H]2CC(=O)Nc3cc(O)ccc32)cc1. The monoisotopic (exact) mass is 269 g/mol. The van der Waals surface area contributed by atoms with Crippen molar-refractivity contribution in [3.05, 3.63) is 53.6 Å². The van der Waals surface area contributed by atoms with E-state index in [1.165, 1.54) is 0 Å². The molecule has 0 fully saturated rings. The molecule has 0 unspecified atom stereocenters. The Bertz CT molecular complexity index is 649. The summed E-state index contributed by atoms with van der Waals surface area (Å²) in [6.07, 6.45) is 0.407. The predicted octanol–water partition coefficient (Wildman–Crippen LogP) is 2.87. The van der Waals surface area contributed by atoms with E-state index in [2.05, 4.69) is 5.32 Å². The molecule has 2 aromatic carbocycles. The van der Waals surface area contributed by atoms with Gasteiger partial charge in [0.15, 0.2) is 0 Å². The highest BCUT2D eigenvalue weighted by Crippen LogP contribution is 2.38. The molecule has 102 valence electrons. The molecule has 0 aromatic heterocycles. The Kier molecular flexibility index (Phi) is 3.06. The van der Waals surface area contributed by atoms with Crippen LogP contribution in [0.25, 0.3) is 0 Å². The van der Waals surface area contributed by atoms with Crippen molar-refractivity contribution in [2.45, 2.75) is 12.3 Å². The lowest BCUT2D eigenvalue weighted by atomic mass is 9.85. The van der Waals surface area contributed by atoms with Gasteiger partial charge in [0.1, 0.15) is 11.5 Å². The van der Waals surface area contributed by atoms with Crippen LogP contribution in [0.1, 0.15) is 23.5 Å². The van der Waals surface area contributed by atoms with Crippen molar-refractivity contribution in [2.24, 2.45) is 0 Å². The third-order valence-electron chi connectivity index (χ3n) is 3.59. The summed E-state index contributed by atoms with van der Waals surface area (Å²) in [7, 11) is 1.63. The van der Waals surface area contributed by atoms with Crippen molar-refractivity contribution in [3.63, 3.8) is 0 Å². The zero-order chi connectivity index (χ0) is 14.1. The summed E-state index contributed by atoms with van der Waals surface area (Å²) in [6, 6.07) is 12.8. The average Bonchev–Trinajstić information content (AvgIpc) is 2.46. The first-order chi connectivity index (χ1) is 9.67. The topological polar surface area (TPSA) is 58.6 Å². The number of hydrogen-bond donors (Lipinski definition) is 2. The molecule has 1 aliphatic heterocycles. The number of carbonyl (C=O) groups excluding carboxylic acids is 1. The fraction of sp³-hybridized carbons (Fsp3) is 0.188. The molecule has 3 rings (SSSR count). The largest absolute Gasteiger partial charge is 0.508 e. The fourth-order valence-corrected chi connectivity index (χ4v) is 2.59. The minimum absolute atomic E-state index is 0.00487. The minimum atomic E-state index is -0.0380. The number of ether oxygens (including phenoxy) is 1. The van der Waals surface area contributed by atoms with Crippen LogP contribution >= 0.6 is 0 Å². The number of nitrogens with one attached hydrogen (secondary N) is 1. The summed E-state index contributed by atoms with van der Waals surface area (Å²) in [5, 5.41) is 12.3. The van der Waals surface area contributed by atoms with Gasteiger partial charge in [0, 0.05) is 24.1 Å². The van der Waals surface area contributed by atoms with E-state index in [-0.39, 0.29) is 17.6 Å². The first-order valence-electron chi connectivity index (χ1n) is 6.44. The maximum atomic E-state index is 11.8. The number of phenolic OH excluding ortho intramolecular Hbond substituents is 1. The van der Waals surface area contributed by atoms with Crippen LogP contribution in [0.4, 0.5) is 5.69 Å². The average molecular weight is 269 g/mol. The second kappa shape index (κ2) is 4.89. The number of carbonyl (C=O) groups is 1. The molecule has 1 heterocycles. The van der Waals surface area contributed by atoms with Gasteiger partial charge >= 0.3 is 0 Å². The number of rotatable bonds is 2. The van der Waals surface area contributed by atoms with Gasteiger partial charge in [-0.25, -0.2) is 0 Å². The number of aromatic hydroxyl groups is 1. The Morgan fingerprint density at radius 3 is 2.65 bits per heavy atom. The fourth-order valence-electron chi connectivity index (χ4n) is 2.59. The van der Waals surface area contributed by atoms with Gasteiger partial charge < -0.3 is 15.2 Å². The van der Waals surface area contributed by atoms with Crippen LogP contribution in [-0.2, 0) is 4.79 Å². The van der Waals surface area contributed by atoms with Crippen molar-refractivity contribution in [3.8, 4) is 11.5 Å². The zero-order valence-electron chi connectivity index (χ0n) is 11.1. The summed E-state index contributed by atoms with van der Waals surface area (Å²) in [6.45, 7) is 0. The van der Waals surface area contributed by atoms with Gasteiger partial charge in [0.25, 0.3) is 0 Å². The molecule has 0 bridgehead atoms. The number of methoxy groups -OCH3 is 1. The lowest BCUT2D eigenvalue weighted by molar-refractivity contribution is -0.116. The van der Waals surface area contributed by atoms with Crippen LogP contribution in [0.5, 0.6) is 11.5 Å². The van der Waals surface area contributed by atoms with Crippen LogP contribution in [0.3, 0.4) is 0 Å². The Balaban J connectivity index is 2.03. The molecule has 0 radical (unpaired) electrons. The molecule has 2 N–H and O–H groups in total. The van der Waals surface area contributed by atoms with Crippen molar-refractivity contribution in [1.82, 2.24) is 0 Å². The molecule has 0 aliphatic carbocycles. The predicted molar refractivity (Wildman–Crippen MR) is 76.2 cm³/mol. The molecule has 2 aromatic rings. The summed E-state index contributed by atoms with van der Waals surface area (Å²) in [5.41, 5.74) is 2.77. The molecule has 4 heteroatoms. The van der Waals surface area contributed by atoms with E-state index in [1.54, 1.807) is 19.2 Å². The molecule has 0 saturated heterocycles. The molecule has 4 nitrogen and oxygen atoms in total. The highest BCUT2D eigenvalue weighted by Gasteiger charge is 2.26. The van der Waals surface area contributed by atoms with E-state index in [4.69, 9.17) is 4.74 Å². The van der Waals surface area contributed by atoms with E-state index in [1.807, 2.05) is 30.3 Å². The highest BCUT2D eigenvalue weighted by molar-refractivity contribution is 5.95. The second-order valence-electron chi connectivity index (χ2n) is 4.85. The van der Waals surface area contributed by atoms with Gasteiger partial charge in [-0.3, -0.25) is 4.79 Å². The molecule has 0 saturated carbocycles. The van der Waals surface area contributed by atoms with Crippen LogP contribution in [-0.4, -0.2) is 18.1 Å². The molecule has 20 heavy (non-hydrogen) atoms.